The molecule has 2 aromatic rings. The summed E-state index contributed by atoms with van der Waals surface area (Å²) in [4.78, 5) is 18.4. The molecule has 1 aromatic heterocycles. The van der Waals surface area contributed by atoms with Crippen LogP contribution in [0.3, 0.4) is 0 Å². The molecule has 3 N–H and O–H groups in total. The molecule has 5 nitrogen and oxygen atoms in total. The predicted octanol–water partition coefficient (Wildman–Crippen LogP) is 2.57. The van der Waals surface area contributed by atoms with Gasteiger partial charge in [0, 0.05) is 19.3 Å². The molecule has 0 saturated heterocycles. The molecule has 0 aliphatic heterocycles. The highest BCUT2D eigenvalue weighted by Gasteiger charge is 2.22. The molecule has 1 aromatic carbocycles. The minimum atomic E-state index is -0.387. The second-order valence-electron chi connectivity index (χ2n) is 4.01. The van der Waals surface area contributed by atoms with Gasteiger partial charge in [0.1, 0.15) is 16.5 Å². The third kappa shape index (κ3) is 2.72. The van der Waals surface area contributed by atoms with Gasteiger partial charge in [0.25, 0.3) is 5.91 Å². The largest absolute Gasteiger partial charge is 0.382 e. The van der Waals surface area contributed by atoms with Crippen molar-refractivity contribution >= 4 is 33.9 Å². The number of aromatic nitrogens is 1. The number of carbonyl (C=O) groups is 1. The van der Waals surface area contributed by atoms with E-state index in [4.69, 9.17) is 5.73 Å². The van der Waals surface area contributed by atoms with Gasteiger partial charge in [-0.25, -0.2) is 9.37 Å². The minimum absolute atomic E-state index is 0.180. The van der Waals surface area contributed by atoms with Crippen LogP contribution in [0.4, 0.5) is 21.0 Å². The van der Waals surface area contributed by atoms with Gasteiger partial charge in [0.05, 0.1) is 0 Å². The number of anilines is 3. The number of benzene rings is 1. The monoisotopic (exact) mass is 294 g/mol. The van der Waals surface area contributed by atoms with Gasteiger partial charge in [0.2, 0.25) is 0 Å². The first-order valence-electron chi connectivity index (χ1n) is 6.08. The molecule has 0 fully saturated rings. The van der Waals surface area contributed by atoms with Crippen LogP contribution in [0.2, 0.25) is 0 Å². The van der Waals surface area contributed by atoms with Crippen LogP contribution in [0, 0.1) is 5.82 Å². The predicted molar refractivity (Wildman–Crippen MR) is 79.8 cm³/mol. The van der Waals surface area contributed by atoms with Crippen molar-refractivity contribution in [2.75, 3.05) is 29.5 Å². The van der Waals surface area contributed by atoms with E-state index in [9.17, 15) is 9.18 Å². The maximum Gasteiger partial charge on any atom is 0.272 e. The van der Waals surface area contributed by atoms with E-state index in [1.807, 2.05) is 6.92 Å². The van der Waals surface area contributed by atoms with Gasteiger partial charge < -0.3 is 16.0 Å². The van der Waals surface area contributed by atoms with Crippen molar-refractivity contribution in [3.05, 3.63) is 35.0 Å². The SMILES string of the molecule is CCN(C(=O)c1sc(NC)nc1N)c1cccc(F)c1. The van der Waals surface area contributed by atoms with Gasteiger partial charge in [-0.05, 0) is 25.1 Å². The molecule has 0 aliphatic carbocycles. The van der Waals surface area contributed by atoms with Crippen LogP contribution >= 0.6 is 11.3 Å². The Hall–Kier alpha value is -2.15. The highest BCUT2D eigenvalue weighted by Crippen LogP contribution is 2.28. The van der Waals surface area contributed by atoms with Gasteiger partial charge >= 0.3 is 0 Å². The van der Waals surface area contributed by atoms with E-state index in [0.717, 1.165) is 0 Å². The van der Waals surface area contributed by atoms with Crippen molar-refractivity contribution in [3.63, 3.8) is 0 Å². The van der Waals surface area contributed by atoms with Crippen molar-refractivity contribution in [1.29, 1.82) is 0 Å². The van der Waals surface area contributed by atoms with Crippen molar-refractivity contribution < 1.29 is 9.18 Å². The molecule has 7 heteroatoms. The Balaban J connectivity index is 2.36. The summed E-state index contributed by atoms with van der Waals surface area (Å²) in [6.45, 7) is 2.23. The number of amides is 1. The molecule has 1 heterocycles. The average molecular weight is 294 g/mol. The van der Waals surface area contributed by atoms with Gasteiger partial charge in [-0.1, -0.05) is 17.4 Å². The lowest BCUT2D eigenvalue weighted by atomic mass is 10.2. The molecule has 106 valence electrons. The number of rotatable bonds is 4. The van der Waals surface area contributed by atoms with Gasteiger partial charge in [-0.3, -0.25) is 4.79 Å². The van der Waals surface area contributed by atoms with E-state index in [2.05, 4.69) is 10.3 Å². The molecule has 0 bridgehead atoms. The topological polar surface area (TPSA) is 71.2 Å². The summed E-state index contributed by atoms with van der Waals surface area (Å²) >= 11 is 1.18. The summed E-state index contributed by atoms with van der Waals surface area (Å²) in [6, 6.07) is 5.90. The maximum absolute atomic E-state index is 13.3. The Morgan fingerprint density at radius 3 is 2.85 bits per heavy atom. The lowest BCUT2D eigenvalue weighted by Gasteiger charge is -2.20. The smallest absolute Gasteiger partial charge is 0.272 e. The summed E-state index contributed by atoms with van der Waals surface area (Å²) in [6.07, 6.45) is 0. The number of nitrogens with two attached hydrogens (primary N) is 1. The lowest BCUT2D eigenvalue weighted by Crippen LogP contribution is -2.30. The molecule has 0 saturated carbocycles. The zero-order valence-electron chi connectivity index (χ0n) is 11.2. The summed E-state index contributed by atoms with van der Waals surface area (Å²) < 4.78 is 13.3. The Labute approximate surface area is 120 Å². The highest BCUT2D eigenvalue weighted by atomic mass is 32.1. The molecule has 0 unspecified atom stereocenters. The Kier molecular flexibility index (Phi) is 4.19. The number of halogens is 1. The number of nitrogens with zero attached hydrogens (tertiary/aromatic N) is 2. The third-order valence-corrected chi connectivity index (χ3v) is 3.82. The molecule has 0 atom stereocenters. The fourth-order valence-electron chi connectivity index (χ4n) is 1.80. The molecular formula is C13H15FN4OS. The number of hydrogen-bond acceptors (Lipinski definition) is 5. The number of hydrogen-bond donors (Lipinski definition) is 2. The number of nitrogen functional groups attached to an aromatic ring is 1. The fourth-order valence-corrected chi connectivity index (χ4v) is 2.59. The standard InChI is InChI=1S/C13H15FN4OS/c1-3-18(9-6-4-5-8(14)7-9)12(19)10-11(15)17-13(16-2)20-10/h4-7H,3,15H2,1-2H3,(H,16,17). The van der Waals surface area contributed by atoms with Gasteiger partial charge in [-0.15, -0.1) is 0 Å². The van der Waals surface area contributed by atoms with E-state index < -0.39 is 0 Å². The minimum Gasteiger partial charge on any atom is -0.382 e. The van der Waals surface area contributed by atoms with E-state index >= 15 is 0 Å². The Morgan fingerprint density at radius 1 is 1.55 bits per heavy atom. The molecule has 0 spiro atoms. The van der Waals surface area contributed by atoms with Crippen LogP contribution in [-0.4, -0.2) is 24.5 Å². The van der Waals surface area contributed by atoms with Crippen LogP contribution in [0.15, 0.2) is 24.3 Å². The molecular weight excluding hydrogens is 279 g/mol. The lowest BCUT2D eigenvalue weighted by molar-refractivity contribution is 0.0993. The zero-order valence-corrected chi connectivity index (χ0v) is 12.0. The average Bonchev–Trinajstić information content (AvgIpc) is 2.81. The van der Waals surface area contributed by atoms with Crippen molar-refractivity contribution in [2.45, 2.75) is 6.92 Å². The van der Waals surface area contributed by atoms with E-state index in [0.29, 0.717) is 22.2 Å². The number of thiazole rings is 1. The molecule has 1 amide bonds. The maximum atomic E-state index is 13.3. The third-order valence-electron chi connectivity index (χ3n) is 2.74. The first kappa shape index (κ1) is 14.3. The van der Waals surface area contributed by atoms with Crippen LogP contribution in [0.25, 0.3) is 0 Å². The Morgan fingerprint density at radius 2 is 2.30 bits per heavy atom. The summed E-state index contributed by atoms with van der Waals surface area (Å²) in [5.74, 6) is -0.490. The van der Waals surface area contributed by atoms with Crippen molar-refractivity contribution in [2.24, 2.45) is 0 Å². The van der Waals surface area contributed by atoms with Crippen molar-refractivity contribution in [3.8, 4) is 0 Å². The van der Waals surface area contributed by atoms with E-state index in [1.165, 1.54) is 28.4 Å². The number of nitrogens with one attached hydrogen (secondary N) is 1. The first-order chi connectivity index (χ1) is 9.56. The van der Waals surface area contributed by atoms with Crippen molar-refractivity contribution in [1.82, 2.24) is 4.98 Å². The number of carbonyl (C=O) groups excluding carboxylic acids is 1. The van der Waals surface area contributed by atoms with E-state index in [-0.39, 0.29) is 17.5 Å². The fraction of sp³-hybridized carbons (Fsp3) is 0.231. The first-order valence-corrected chi connectivity index (χ1v) is 6.90. The molecule has 20 heavy (non-hydrogen) atoms. The molecule has 2 rings (SSSR count). The zero-order chi connectivity index (χ0) is 14.7. The van der Waals surface area contributed by atoms with E-state index in [1.54, 1.807) is 19.2 Å². The van der Waals surface area contributed by atoms with Gasteiger partial charge in [0.15, 0.2) is 5.13 Å². The van der Waals surface area contributed by atoms with Crippen LogP contribution in [-0.2, 0) is 0 Å². The molecule has 0 radical (unpaired) electrons. The van der Waals surface area contributed by atoms with Crippen LogP contribution in [0.1, 0.15) is 16.6 Å². The normalized spacial score (nSPS) is 10.3. The quantitative estimate of drug-likeness (QED) is 0.909. The Bertz CT molecular complexity index is 629. The summed E-state index contributed by atoms with van der Waals surface area (Å²) in [7, 11) is 1.71. The summed E-state index contributed by atoms with van der Waals surface area (Å²) in [5, 5.41) is 3.42. The second-order valence-corrected chi connectivity index (χ2v) is 5.01. The summed E-state index contributed by atoms with van der Waals surface area (Å²) in [5.41, 5.74) is 6.25. The second kappa shape index (κ2) is 5.87. The molecule has 0 aliphatic rings. The van der Waals surface area contributed by atoms with Crippen LogP contribution in [0.5, 0.6) is 0 Å². The highest BCUT2D eigenvalue weighted by molar-refractivity contribution is 7.18. The van der Waals surface area contributed by atoms with Gasteiger partial charge in [-0.2, -0.15) is 0 Å². The van der Waals surface area contributed by atoms with Crippen LogP contribution < -0.4 is 16.0 Å².